The molecule has 0 radical (unpaired) electrons. The largest absolute Gasteiger partial charge is 0.491 e. The summed E-state index contributed by atoms with van der Waals surface area (Å²) in [5.41, 5.74) is 6.11. The van der Waals surface area contributed by atoms with Crippen LogP contribution >= 0.6 is 0 Å². The normalized spacial score (nSPS) is 10.2. The van der Waals surface area contributed by atoms with Crippen LogP contribution in [0.2, 0.25) is 0 Å². The minimum atomic E-state index is -0.301. The molecule has 0 spiro atoms. The van der Waals surface area contributed by atoms with Gasteiger partial charge in [-0.3, -0.25) is 0 Å². The third-order valence-electron chi connectivity index (χ3n) is 1.79. The Morgan fingerprint density at radius 2 is 2.14 bits per heavy atom. The minimum Gasteiger partial charge on any atom is -0.491 e. The van der Waals surface area contributed by atoms with Gasteiger partial charge in [-0.2, -0.15) is 0 Å². The van der Waals surface area contributed by atoms with Crippen molar-refractivity contribution in [3.8, 4) is 5.75 Å². The molecule has 0 unspecified atom stereocenters. The maximum Gasteiger partial charge on any atom is 0.124 e. The fourth-order valence-corrected chi connectivity index (χ4v) is 1.08. The second kappa shape index (κ2) is 5.57. The Kier molecular flexibility index (Phi) is 4.35. The predicted octanol–water partition coefficient (Wildman–Crippen LogP) is 1.31. The first-order valence-corrected chi connectivity index (χ1v) is 4.38. The van der Waals surface area contributed by atoms with Crippen molar-refractivity contribution < 1.29 is 13.9 Å². The van der Waals surface area contributed by atoms with E-state index in [1.54, 1.807) is 13.2 Å². The van der Waals surface area contributed by atoms with E-state index in [0.717, 1.165) is 0 Å². The van der Waals surface area contributed by atoms with Gasteiger partial charge in [0.1, 0.15) is 18.2 Å². The molecule has 14 heavy (non-hydrogen) atoms. The molecule has 0 amide bonds. The monoisotopic (exact) mass is 199 g/mol. The Labute approximate surface area is 82.6 Å². The molecule has 4 heteroatoms. The second-order valence-corrected chi connectivity index (χ2v) is 2.80. The van der Waals surface area contributed by atoms with Gasteiger partial charge in [-0.25, -0.2) is 4.39 Å². The molecule has 0 fully saturated rings. The standard InChI is InChI=1S/C10H14FNO2/c1-13-4-5-14-10-3-2-9(11)6-8(10)7-12/h2-3,6H,4-5,7,12H2,1H3. The molecule has 0 aliphatic carbocycles. The van der Waals surface area contributed by atoms with Crippen LogP contribution in [0.5, 0.6) is 5.75 Å². The lowest BCUT2D eigenvalue weighted by atomic mass is 10.2. The van der Waals surface area contributed by atoms with Crippen LogP contribution in [0.1, 0.15) is 5.56 Å². The SMILES string of the molecule is COCCOc1ccc(F)cc1CN. The van der Waals surface area contributed by atoms with Crippen molar-refractivity contribution in [3.63, 3.8) is 0 Å². The van der Waals surface area contributed by atoms with Gasteiger partial charge in [-0.1, -0.05) is 0 Å². The van der Waals surface area contributed by atoms with Gasteiger partial charge in [0.15, 0.2) is 0 Å². The van der Waals surface area contributed by atoms with Crippen molar-refractivity contribution in [2.24, 2.45) is 5.73 Å². The first kappa shape index (κ1) is 10.9. The third-order valence-corrected chi connectivity index (χ3v) is 1.79. The quantitative estimate of drug-likeness (QED) is 0.727. The van der Waals surface area contributed by atoms with Gasteiger partial charge < -0.3 is 15.2 Å². The van der Waals surface area contributed by atoms with Crippen LogP contribution in [0.15, 0.2) is 18.2 Å². The molecule has 0 saturated carbocycles. The Balaban J connectivity index is 2.65. The maximum atomic E-state index is 12.8. The molecule has 0 heterocycles. The highest BCUT2D eigenvalue weighted by atomic mass is 19.1. The van der Waals surface area contributed by atoms with Crippen LogP contribution in [-0.2, 0) is 11.3 Å². The Hall–Kier alpha value is -1.13. The highest BCUT2D eigenvalue weighted by molar-refractivity contribution is 5.33. The summed E-state index contributed by atoms with van der Waals surface area (Å²) < 4.78 is 23.0. The van der Waals surface area contributed by atoms with Gasteiger partial charge in [-0.15, -0.1) is 0 Å². The fraction of sp³-hybridized carbons (Fsp3) is 0.400. The first-order valence-electron chi connectivity index (χ1n) is 4.38. The predicted molar refractivity (Wildman–Crippen MR) is 51.7 cm³/mol. The summed E-state index contributed by atoms with van der Waals surface area (Å²) in [4.78, 5) is 0. The van der Waals surface area contributed by atoms with Crippen LogP contribution in [-0.4, -0.2) is 20.3 Å². The van der Waals surface area contributed by atoms with E-state index >= 15 is 0 Å². The molecular formula is C10H14FNO2. The number of hydrogen-bond acceptors (Lipinski definition) is 3. The molecule has 1 rings (SSSR count). The molecular weight excluding hydrogens is 185 g/mol. The first-order chi connectivity index (χ1) is 6.77. The Morgan fingerprint density at radius 1 is 1.36 bits per heavy atom. The van der Waals surface area contributed by atoms with Gasteiger partial charge in [0.25, 0.3) is 0 Å². The summed E-state index contributed by atoms with van der Waals surface area (Å²) in [5, 5.41) is 0. The zero-order valence-electron chi connectivity index (χ0n) is 8.13. The van der Waals surface area contributed by atoms with Crippen LogP contribution in [0, 0.1) is 5.82 Å². The number of benzene rings is 1. The summed E-state index contributed by atoms with van der Waals surface area (Å²) in [5.74, 6) is 0.315. The van der Waals surface area contributed by atoms with Crippen LogP contribution < -0.4 is 10.5 Å². The van der Waals surface area contributed by atoms with Gasteiger partial charge in [0, 0.05) is 19.2 Å². The highest BCUT2D eigenvalue weighted by Crippen LogP contribution is 2.18. The van der Waals surface area contributed by atoms with Crippen molar-refractivity contribution in [2.45, 2.75) is 6.54 Å². The van der Waals surface area contributed by atoms with Crippen molar-refractivity contribution in [3.05, 3.63) is 29.6 Å². The van der Waals surface area contributed by atoms with Crippen molar-refractivity contribution in [1.29, 1.82) is 0 Å². The van der Waals surface area contributed by atoms with Crippen LogP contribution in [0.3, 0.4) is 0 Å². The second-order valence-electron chi connectivity index (χ2n) is 2.80. The topological polar surface area (TPSA) is 44.5 Å². The van der Waals surface area contributed by atoms with Gasteiger partial charge in [0.2, 0.25) is 0 Å². The van der Waals surface area contributed by atoms with Gasteiger partial charge in [-0.05, 0) is 18.2 Å². The molecule has 0 atom stereocenters. The Morgan fingerprint density at radius 3 is 2.79 bits per heavy atom. The number of rotatable bonds is 5. The van der Waals surface area contributed by atoms with Crippen LogP contribution in [0.25, 0.3) is 0 Å². The molecule has 1 aromatic rings. The summed E-state index contributed by atoms with van der Waals surface area (Å²) in [6.07, 6.45) is 0. The molecule has 0 bridgehead atoms. The van der Waals surface area contributed by atoms with Crippen molar-refractivity contribution >= 4 is 0 Å². The smallest absolute Gasteiger partial charge is 0.124 e. The average Bonchev–Trinajstić information content (AvgIpc) is 2.20. The van der Waals surface area contributed by atoms with Crippen LogP contribution in [0.4, 0.5) is 4.39 Å². The van der Waals surface area contributed by atoms with E-state index < -0.39 is 0 Å². The zero-order valence-corrected chi connectivity index (χ0v) is 8.13. The molecule has 3 nitrogen and oxygen atoms in total. The zero-order chi connectivity index (χ0) is 10.4. The van der Waals surface area contributed by atoms with E-state index in [-0.39, 0.29) is 12.4 Å². The van der Waals surface area contributed by atoms with Gasteiger partial charge >= 0.3 is 0 Å². The number of ether oxygens (including phenoxy) is 2. The van der Waals surface area contributed by atoms with E-state index in [4.69, 9.17) is 15.2 Å². The number of nitrogens with two attached hydrogens (primary N) is 1. The molecule has 0 aromatic heterocycles. The lowest BCUT2D eigenvalue weighted by Crippen LogP contribution is -2.07. The molecule has 78 valence electrons. The van der Waals surface area contributed by atoms with Gasteiger partial charge in [0.05, 0.1) is 6.61 Å². The van der Waals surface area contributed by atoms with E-state index in [9.17, 15) is 4.39 Å². The number of methoxy groups -OCH3 is 1. The van der Waals surface area contributed by atoms with E-state index in [0.29, 0.717) is 24.5 Å². The lowest BCUT2D eigenvalue weighted by Gasteiger charge is -2.09. The lowest BCUT2D eigenvalue weighted by molar-refractivity contribution is 0.145. The third kappa shape index (κ3) is 2.97. The fourth-order valence-electron chi connectivity index (χ4n) is 1.08. The van der Waals surface area contributed by atoms with E-state index in [2.05, 4.69) is 0 Å². The average molecular weight is 199 g/mol. The number of hydrogen-bond donors (Lipinski definition) is 1. The Bertz CT molecular complexity index is 291. The van der Waals surface area contributed by atoms with Crippen molar-refractivity contribution in [2.75, 3.05) is 20.3 Å². The molecule has 0 saturated heterocycles. The highest BCUT2D eigenvalue weighted by Gasteiger charge is 2.03. The van der Waals surface area contributed by atoms with E-state index in [1.807, 2.05) is 0 Å². The van der Waals surface area contributed by atoms with E-state index in [1.165, 1.54) is 12.1 Å². The minimum absolute atomic E-state index is 0.264. The molecule has 1 aromatic carbocycles. The molecule has 2 N–H and O–H groups in total. The molecule has 0 aliphatic heterocycles. The van der Waals surface area contributed by atoms with Crippen molar-refractivity contribution in [1.82, 2.24) is 0 Å². The molecule has 0 aliphatic rings. The maximum absolute atomic E-state index is 12.8. The summed E-state index contributed by atoms with van der Waals surface area (Å²) in [7, 11) is 1.60. The summed E-state index contributed by atoms with van der Waals surface area (Å²) >= 11 is 0. The summed E-state index contributed by atoms with van der Waals surface area (Å²) in [6, 6.07) is 4.30. The summed E-state index contributed by atoms with van der Waals surface area (Å²) in [6.45, 7) is 1.20. The number of halogens is 1.